The van der Waals surface area contributed by atoms with Gasteiger partial charge >= 0.3 is 0 Å². The smallest absolute Gasteiger partial charge is 0.168 e. The number of aryl methyl sites for hydroxylation is 2. The number of carbonyl (C=O) groups excluding carboxylic acids is 1. The summed E-state index contributed by atoms with van der Waals surface area (Å²) in [6.07, 6.45) is 4.02. The van der Waals surface area contributed by atoms with Gasteiger partial charge < -0.3 is 0 Å². The van der Waals surface area contributed by atoms with Crippen molar-refractivity contribution in [3.05, 3.63) is 62.8 Å². The second-order valence-corrected chi connectivity index (χ2v) is 5.30. The van der Waals surface area contributed by atoms with Crippen LogP contribution in [0, 0.1) is 0 Å². The Morgan fingerprint density at radius 3 is 2.83 bits per heavy atom. The Morgan fingerprint density at radius 1 is 1.28 bits per heavy atom. The zero-order valence-corrected chi connectivity index (χ0v) is 11.9. The Bertz CT molecular complexity index is 571. The molecule has 4 heteroatoms. The molecule has 2 aromatic rings. The first kappa shape index (κ1) is 13.2. The fraction of sp³-hybridized carbons (Fsp3) is 0.143. The van der Waals surface area contributed by atoms with Crippen LogP contribution in [0.4, 0.5) is 0 Å². The molecule has 0 radical (unpaired) electrons. The number of halogens is 2. The van der Waals surface area contributed by atoms with Crippen LogP contribution in [0.3, 0.4) is 0 Å². The van der Waals surface area contributed by atoms with E-state index in [9.17, 15) is 4.79 Å². The zero-order valence-electron chi connectivity index (χ0n) is 9.57. The molecule has 0 saturated carbocycles. The molecule has 18 heavy (non-hydrogen) atoms. The molecule has 0 atom stereocenters. The third-order valence-electron chi connectivity index (χ3n) is 2.65. The number of benzene rings is 1. The molecule has 1 aromatic heterocycles. The van der Waals surface area contributed by atoms with Gasteiger partial charge in [0.2, 0.25) is 0 Å². The molecule has 0 aliphatic heterocycles. The first-order chi connectivity index (χ1) is 8.69. The molecule has 0 fully saturated rings. The van der Waals surface area contributed by atoms with Crippen LogP contribution in [-0.4, -0.2) is 11.3 Å². The van der Waals surface area contributed by atoms with E-state index in [0.717, 1.165) is 39.8 Å². The molecular weight excluding hydrogens is 314 g/mol. The Balaban J connectivity index is 2.15. The van der Waals surface area contributed by atoms with Gasteiger partial charge in [0.05, 0.1) is 0 Å². The molecule has 2 rings (SSSR count). The van der Waals surface area contributed by atoms with Crippen LogP contribution in [0.25, 0.3) is 0 Å². The fourth-order valence-electron chi connectivity index (χ4n) is 1.77. The van der Waals surface area contributed by atoms with E-state index in [1.165, 1.54) is 0 Å². The van der Waals surface area contributed by atoms with Gasteiger partial charge in [-0.05, 0) is 58.1 Å². The normalized spacial score (nSPS) is 10.3. The number of rotatable bonds is 4. The van der Waals surface area contributed by atoms with E-state index in [0.29, 0.717) is 5.69 Å². The number of pyridine rings is 1. The van der Waals surface area contributed by atoms with Gasteiger partial charge in [0.25, 0.3) is 0 Å². The zero-order chi connectivity index (χ0) is 13.0. The average Bonchev–Trinajstić information content (AvgIpc) is 2.37. The maximum Gasteiger partial charge on any atom is 0.168 e. The molecule has 92 valence electrons. The van der Waals surface area contributed by atoms with Gasteiger partial charge in [-0.25, -0.2) is 0 Å². The van der Waals surface area contributed by atoms with E-state index in [2.05, 4.69) is 20.9 Å². The maximum atomic E-state index is 10.9. The van der Waals surface area contributed by atoms with Crippen molar-refractivity contribution in [2.45, 2.75) is 12.8 Å². The van der Waals surface area contributed by atoms with Crippen LogP contribution in [0.15, 0.2) is 41.0 Å². The summed E-state index contributed by atoms with van der Waals surface area (Å²) in [5.41, 5.74) is 2.60. The SMILES string of the molecule is O=Cc1ncc(Br)cc1CCc1cccc(Cl)c1. The lowest BCUT2D eigenvalue weighted by molar-refractivity contribution is 0.111. The highest BCUT2D eigenvalue weighted by atomic mass is 79.9. The highest BCUT2D eigenvalue weighted by molar-refractivity contribution is 9.10. The fourth-order valence-corrected chi connectivity index (χ4v) is 2.36. The second kappa shape index (κ2) is 6.12. The monoisotopic (exact) mass is 323 g/mol. The summed E-state index contributed by atoms with van der Waals surface area (Å²) in [5.74, 6) is 0. The minimum absolute atomic E-state index is 0.500. The Morgan fingerprint density at radius 2 is 2.11 bits per heavy atom. The largest absolute Gasteiger partial charge is 0.296 e. The van der Waals surface area contributed by atoms with E-state index in [-0.39, 0.29) is 0 Å². The summed E-state index contributed by atoms with van der Waals surface area (Å²) < 4.78 is 0.884. The first-order valence-corrected chi connectivity index (χ1v) is 6.70. The summed E-state index contributed by atoms with van der Waals surface area (Å²) in [4.78, 5) is 15.0. The predicted octanol–water partition coefficient (Wildman–Crippen LogP) is 4.10. The highest BCUT2D eigenvalue weighted by Crippen LogP contribution is 2.17. The molecule has 0 unspecified atom stereocenters. The van der Waals surface area contributed by atoms with Crippen molar-refractivity contribution in [1.29, 1.82) is 0 Å². The van der Waals surface area contributed by atoms with Gasteiger partial charge in [-0.2, -0.15) is 0 Å². The highest BCUT2D eigenvalue weighted by Gasteiger charge is 2.05. The predicted molar refractivity (Wildman–Crippen MR) is 76.2 cm³/mol. The number of aldehydes is 1. The van der Waals surface area contributed by atoms with Gasteiger partial charge in [0.15, 0.2) is 6.29 Å². The minimum atomic E-state index is 0.500. The van der Waals surface area contributed by atoms with E-state index in [4.69, 9.17) is 11.6 Å². The Labute approximate surface area is 119 Å². The molecule has 1 aromatic carbocycles. The number of carbonyl (C=O) groups is 1. The van der Waals surface area contributed by atoms with Crippen molar-refractivity contribution in [2.75, 3.05) is 0 Å². The molecule has 0 bridgehead atoms. The molecule has 2 nitrogen and oxygen atoms in total. The number of hydrogen-bond donors (Lipinski definition) is 0. The van der Waals surface area contributed by atoms with E-state index in [1.807, 2.05) is 30.3 Å². The molecule has 0 spiro atoms. The standard InChI is InChI=1S/C14H11BrClNO/c15-12-7-11(14(9-18)17-8-12)5-4-10-2-1-3-13(16)6-10/h1-3,6-9H,4-5H2. The molecule has 0 aliphatic rings. The lowest BCUT2D eigenvalue weighted by Crippen LogP contribution is -1.99. The van der Waals surface area contributed by atoms with Crippen molar-refractivity contribution in [2.24, 2.45) is 0 Å². The summed E-state index contributed by atoms with van der Waals surface area (Å²) in [5, 5.41) is 0.732. The number of aromatic nitrogens is 1. The molecule has 1 heterocycles. The third kappa shape index (κ3) is 3.40. The van der Waals surface area contributed by atoms with Gasteiger partial charge in [-0.15, -0.1) is 0 Å². The van der Waals surface area contributed by atoms with Gasteiger partial charge in [0.1, 0.15) is 5.69 Å². The Kier molecular flexibility index (Phi) is 4.50. The van der Waals surface area contributed by atoms with Crippen LogP contribution in [0.2, 0.25) is 5.02 Å². The third-order valence-corrected chi connectivity index (χ3v) is 3.32. The van der Waals surface area contributed by atoms with E-state index in [1.54, 1.807) is 6.20 Å². The Hall–Kier alpha value is -1.19. The average molecular weight is 325 g/mol. The van der Waals surface area contributed by atoms with Crippen LogP contribution in [-0.2, 0) is 12.8 Å². The van der Waals surface area contributed by atoms with Crippen molar-refractivity contribution in [1.82, 2.24) is 4.98 Å². The topological polar surface area (TPSA) is 30.0 Å². The molecule has 0 N–H and O–H groups in total. The van der Waals surface area contributed by atoms with E-state index >= 15 is 0 Å². The van der Waals surface area contributed by atoms with E-state index < -0.39 is 0 Å². The maximum absolute atomic E-state index is 10.9. The van der Waals surface area contributed by atoms with Crippen molar-refractivity contribution < 1.29 is 4.79 Å². The number of hydrogen-bond acceptors (Lipinski definition) is 2. The first-order valence-electron chi connectivity index (χ1n) is 5.53. The van der Waals surface area contributed by atoms with Crippen LogP contribution >= 0.6 is 27.5 Å². The summed E-state index contributed by atoms with van der Waals surface area (Å²) in [6.45, 7) is 0. The van der Waals surface area contributed by atoms with Crippen LogP contribution in [0.1, 0.15) is 21.6 Å². The number of nitrogens with zero attached hydrogens (tertiary/aromatic N) is 1. The quantitative estimate of drug-likeness (QED) is 0.793. The van der Waals surface area contributed by atoms with Gasteiger partial charge in [0, 0.05) is 15.7 Å². The second-order valence-electron chi connectivity index (χ2n) is 3.95. The van der Waals surface area contributed by atoms with Crippen molar-refractivity contribution in [3.8, 4) is 0 Å². The van der Waals surface area contributed by atoms with Gasteiger partial charge in [-0.3, -0.25) is 9.78 Å². The minimum Gasteiger partial charge on any atom is -0.296 e. The van der Waals surface area contributed by atoms with Crippen LogP contribution < -0.4 is 0 Å². The summed E-state index contributed by atoms with van der Waals surface area (Å²) in [6, 6.07) is 9.67. The van der Waals surface area contributed by atoms with Crippen molar-refractivity contribution >= 4 is 33.8 Å². The lowest BCUT2D eigenvalue weighted by Gasteiger charge is -2.05. The van der Waals surface area contributed by atoms with Crippen LogP contribution in [0.5, 0.6) is 0 Å². The molecule has 0 saturated heterocycles. The van der Waals surface area contributed by atoms with Gasteiger partial charge in [-0.1, -0.05) is 23.7 Å². The van der Waals surface area contributed by atoms with Crippen molar-refractivity contribution in [3.63, 3.8) is 0 Å². The summed E-state index contributed by atoms with van der Waals surface area (Å²) in [7, 11) is 0. The lowest BCUT2D eigenvalue weighted by atomic mass is 10.0. The molecular formula is C14H11BrClNO. The molecule has 0 amide bonds. The summed E-state index contributed by atoms with van der Waals surface area (Å²) >= 11 is 9.30. The molecule has 0 aliphatic carbocycles.